The normalized spacial score (nSPS) is 19.7. The van der Waals surface area contributed by atoms with Crippen LogP contribution in [0.1, 0.15) is 39.4 Å². The van der Waals surface area contributed by atoms with E-state index in [0.717, 1.165) is 30.3 Å². The molecule has 3 rings (SSSR count). The molecule has 1 fully saturated rings. The first-order valence-corrected chi connectivity index (χ1v) is 7.82. The molecule has 0 saturated heterocycles. The third-order valence-electron chi connectivity index (χ3n) is 4.30. The van der Waals surface area contributed by atoms with E-state index in [2.05, 4.69) is 5.32 Å². The summed E-state index contributed by atoms with van der Waals surface area (Å²) in [6.45, 7) is 0. The van der Waals surface area contributed by atoms with Gasteiger partial charge in [-0.15, -0.1) is 0 Å². The Morgan fingerprint density at radius 2 is 1.56 bits per heavy atom. The summed E-state index contributed by atoms with van der Waals surface area (Å²) in [4.78, 5) is 12.2. The molecule has 27 heavy (non-hydrogen) atoms. The molecule has 2 aromatic carbocycles. The fourth-order valence-electron chi connectivity index (χ4n) is 2.97. The van der Waals surface area contributed by atoms with Crippen molar-refractivity contribution < 1.29 is 35.5 Å². The maximum atomic E-state index is 13.2. The van der Waals surface area contributed by atoms with E-state index < -0.39 is 52.7 Å². The molecule has 2 nitrogen and oxygen atoms in total. The molecule has 0 bridgehead atoms. The molecule has 0 unspecified atom stereocenters. The van der Waals surface area contributed by atoms with Gasteiger partial charge in [-0.1, -0.05) is 18.2 Å². The molecule has 0 spiro atoms. The molecule has 1 aliphatic rings. The molecule has 9 heteroatoms. The number of benzene rings is 2. The van der Waals surface area contributed by atoms with Crippen molar-refractivity contribution in [3.05, 3.63) is 70.5 Å². The average Bonchev–Trinajstić information content (AvgIpc) is 3.32. The van der Waals surface area contributed by atoms with E-state index in [4.69, 9.17) is 0 Å². The molecule has 1 amide bonds. The molecular formula is C18H12F7NO. The fourth-order valence-corrected chi connectivity index (χ4v) is 2.97. The lowest BCUT2D eigenvalue weighted by Crippen LogP contribution is -2.29. The molecular weight excluding hydrogens is 379 g/mol. The third-order valence-corrected chi connectivity index (χ3v) is 4.30. The highest BCUT2D eigenvalue weighted by Crippen LogP contribution is 2.46. The maximum absolute atomic E-state index is 13.2. The van der Waals surface area contributed by atoms with Gasteiger partial charge in [0.25, 0.3) is 5.91 Å². The van der Waals surface area contributed by atoms with Crippen LogP contribution in [-0.2, 0) is 12.4 Å². The fraction of sp³-hybridized carbons (Fsp3) is 0.278. The van der Waals surface area contributed by atoms with Crippen LogP contribution in [0.3, 0.4) is 0 Å². The van der Waals surface area contributed by atoms with Gasteiger partial charge in [0, 0.05) is 12.0 Å². The number of halogens is 7. The summed E-state index contributed by atoms with van der Waals surface area (Å²) >= 11 is 0. The van der Waals surface area contributed by atoms with E-state index in [1.165, 1.54) is 6.07 Å². The number of amides is 1. The van der Waals surface area contributed by atoms with Crippen LogP contribution in [0.2, 0.25) is 0 Å². The molecule has 1 N–H and O–H groups in total. The zero-order chi connectivity index (χ0) is 20.0. The smallest absolute Gasteiger partial charge is 0.349 e. The van der Waals surface area contributed by atoms with Gasteiger partial charge in [-0.25, -0.2) is 4.39 Å². The summed E-state index contributed by atoms with van der Waals surface area (Å²) in [5.41, 5.74) is -3.08. The number of hydrogen-bond donors (Lipinski definition) is 1. The average molecular weight is 391 g/mol. The van der Waals surface area contributed by atoms with Gasteiger partial charge in [0.1, 0.15) is 5.82 Å². The first-order valence-electron chi connectivity index (χ1n) is 7.82. The van der Waals surface area contributed by atoms with Crippen molar-refractivity contribution in [1.29, 1.82) is 0 Å². The minimum Gasteiger partial charge on any atom is -0.349 e. The van der Waals surface area contributed by atoms with Crippen molar-refractivity contribution in [3.63, 3.8) is 0 Å². The number of carbonyl (C=O) groups is 1. The number of rotatable bonds is 3. The van der Waals surface area contributed by atoms with Crippen LogP contribution in [0.25, 0.3) is 0 Å². The highest BCUT2D eigenvalue weighted by molar-refractivity contribution is 5.96. The van der Waals surface area contributed by atoms with Crippen LogP contribution in [0.5, 0.6) is 0 Å². The van der Waals surface area contributed by atoms with E-state index in [9.17, 15) is 35.5 Å². The molecule has 2 atom stereocenters. The van der Waals surface area contributed by atoms with Crippen molar-refractivity contribution in [2.45, 2.75) is 30.7 Å². The maximum Gasteiger partial charge on any atom is 0.417 e. The molecule has 0 radical (unpaired) electrons. The lowest BCUT2D eigenvalue weighted by atomic mass is 10.0. The van der Waals surface area contributed by atoms with Gasteiger partial charge in [-0.3, -0.25) is 4.79 Å². The van der Waals surface area contributed by atoms with Gasteiger partial charge in [-0.2, -0.15) is 26.3 Å². The van der Waals surface area contributed by atoms with E-state index in [-0.39, 0.29) is 12.0 Å². The Morgan fingerprint density at radius 3 is 2.19 bits per heavy atom. The second-order valence-electron chi connectivity index (χ2n) is 6.19. The predicted molar refractivity (Wildman–Crippen MR) is 81.5 cm³/mol. The minimum atomic E-state index is -4.78. The predicted octanol–water partition coefficient (Wildman–Crippen LogP) is 5.15. The quantitative estimate of drug-likeness (QED) is 0.721. The highest BCUT2D eigenvalue weighted by Gasteiger charge is 2.46. The SMILES string of the molecule is O=C(N[C@@H]1C[C@@H]1c1ccc(F)cc1C(F)(F)F)c1ccccc1C(F)(F)F. The van der Waals surface area contributed by atoms with Crippen molar-refractivity contribution >= 4 is 5.91 Å². The zero-order valence-electron chi connectivity index (χ0n) is 13.5. The van der Waals surface area contributed by atoms with Gasteiger partial charge in [0.05, 0.1) is 16.7 Å². The summed E-state index contributed by atoms with van der Waals surface area (Å²) in [7, 11) is 0. The monoisotopic (exact) mass is 391 g/mol. The molecule has 2 aromatic rings. The first-order chi connectivity index (χ1) is 12.5. The van der Waals surface area contributed by atoms with Crippen LogP contribution >= 0.6 is 0 Å². The summed E-state index contributed by atoms with van der Waals surface area (Å²) in [5, 5.41) is 2.32. The van der Waals surface area contributed by atoms with Gasteiger partial charge in [0.2, 0.25) is 0 Å². The highest BCUT2D eigenvalue weighted by atomic mass is 19.4. The summed E-state index contributed by atoms with van der Waals surface area (Å²) in [6.07, 6.45) is -9.40. The molecule has 0 aliphatic heterocycles. The molecule has 1 aliphatic carbocycles. The second-order valence-corrected chi connectivity index (χ2v) is 6.19. The Balaban J connectivity index is 1.80. The Labute approximate surface area is 149 Å². The van der Waals surface area contributed by atoms with E-state index in [1.807, 2.05) is 0 Å². The van der Waals surface area contributed by atoms with Gasteiger partial charge >= 0.3 is 12.4 Å². The Kier molecular flexibility index (Phi) is 4.65. The van der Waals surface area contributed by atoms with Crippen LogP contribution in [0.15, 0.2) is 42.5 Å². The lowest BCUT2D eigenvalue weighted by molar-refractivity contribution is -0.139. The number of hydrogen-bond acceptors (Lipinski definition) is 1. The van der Waals surface area contributed by atoms with Crippen molar-refractivity contribution in [3.8, 4) is 0 Å². The van der Waals surface area contributed by atoms with Crippen LogP contribution in [0, 0.1) is 5.82 Å². The number of alkyl halides is 6. The molecule has 0 heterocycles. The topological polar surface area (TPSA) is 29.1 Å². The molecule has 0 aromatic heterocycles. The van der Waals surface area contributed by atoms with Gasteiger partial charge < -0.3 is 5.32 Å². The summed E-state index contributed by atoms with van der Waals surface area (Å²) < 4.78 is 91.4. The number of carbonyl (C=O) groups excluding carboxylic acids is 1. The van der Waals surface area contributed by atoms with Gasteiger partial charge in [-0.05, 0) is 36.2 Å². The first kappa shape index (κ1) is 19.2. The minimum absolute atomic E-state index is 0.120. The van der Waals surface area contributed by atoms with E-state index in [1.54, 1.807) is 0 Å². The van der Waals surface area contributed by atoms with E-state index in [0.29, 0.717) is 6.07 Å². The number of nitrogens with one attached hydrogen (secondary N) is 1. The lowest BCUT2D eigenvalue weighted by Gasteiger charge is -2.14. The summed E-state index contributed by atoms with van der Waals surface area (Å²) in [5.74, 6) is -2.82. The molecule has 144 valence electrons. The summed E-state index contributed by atoms with van der Waals surface area (Å²) in [6, 6.07) is 5.61. The van der Waals surface area contributed by atoms with Crippen molar-refractivity contribution in [1.82, 2.24) is 5.32 Å². The zero-order valence-corrected chi connectivity index (χ0v) is 13.5. The van der Waals surface area contributed by atoms with Crippen LogP contribution in [0.4, 0.5) is 30.7 Å². The largest absolute Gasteiger partial charge is 0.417 e. The van der Waals surface area contributed by atoms with E-state index >= 15 is 0 Å². The second kappa shape index (κ2) is 6.54. The van der Waals surface area contributed by atoms with Crippen molar-refractivity contribution in [2.75, 3.05) is 0 Å². The van der Waals surface area contributed by atoms with Crippen molar-refractivity contribution in [2.24, 2.45) is 0 Å². The van der Waals surface area contributed by atoms with Gasteiger partial charge in [0.15, 0.2) is 0 Å². The Morgan fingerprint density at radius 1 is 0.926 bits per heavy atom. The van der Waals surface area contributed by atoms with Crippen LogP contribution in [-0.4, -0.2) is 11.9 Å². The third kappa shape index (κ3) is 4.06. The van der Waals surface area contributed by atoms with Crippen LogP contribution < -0.4 is 5.32 Å². The Hall–Kier alpha value is -2.58. The molecule has 1 saturated carbocycles. The standard InChI is InChI=1S/C18H12F7NO/c19-9-5-6-10(14(7-9)18(23,24)25)12-8-15(12)26-16(27)11-3-1-2-4-13(11)17(20,21)22/h1-7,12,15H,8H2,(H,26,27)/t12-,15-/m1/s1. The Bertz CT molecular complexity index is 873.